The van der Waals surface area contributed by atoms with Crippen LogP contribution in [-0.4, -0.2) is 41.9 Å². The lowest BCUT2D eigenvalue weighted by molar-refractivity contribution is -0.126. The number of hydrogen-bond donors (Lipinski definition) is 2. The molecule has 2 N–H and O–H groups in total. The highest BCUT2D eigenvalue weighted by Crippen LogP contribution is 2.15. The number of piperidine rings is 1. The number of nitrogens with zero attached hydrogens (tertiary/aromatic N) is 1. The second-order valence-electron chi connectivity index (χ2n) is 7.31. The molecule has 2 aromatic carbocycles. The normalized spacial score (nSPS) is 16.2. The van der Waals surface area contributed by atoms with Crippen LogP contribution >= 0.6 is 0 Å². The smallest absolute Gasteiger partial charge is 0.251 e. The van der Waals surface area contributed by atoms with Gasteiger partial charge in [-0.15, -0.1) is 0 Å². The summed E-state index contributed by atoms with van der Waals surface area (Å²) in [5.74, 6) is -0.971. The van der Waals surface area contributed by atoms with Crippen molar-refractivity contribution in [3.05, 3.63) is 71.3 Å². The molecule has 154 valence electrons. The number of carbonyl (C=O) groups excluding carboxylic acids is 2. The molecule has 0 aromatic heterocycles. The maximum Gasteiger partial charge on any atom is 0.251 e. The minimum Gasteiger partial charge on any atom is -0.351 e. The van der Waals surface area contributed by atoms with Gasteiger partial charge in [-0.25, -0.2) is 8.78 Å². The average molecular weight is 401 g/mol. The molecular weight excluding hydrogens is 376 g/mol. The van der Waals surface area contributed by atoms with Gasteiger partial charge in [0.05, 0.1) is 6.04 Å². The minimum atomic E-state index is -0.374. The van der Waals surface area contributed by atoms with Gasteiger partial charge in [-0.05, 0) is 61.7 Å². The quantitative estimate of drug-likeness (QED) is 0.783. The molecule has 1 aliphatic rings. The zero-order chi connectivity index (χ0) is 20.8. The fourth-order valence-corrected chi connectivity index (χ4v) is 3.41. The summed E-state index contributed by atoms with van der Waals surface area (Å²) >= 11 is 0. The lowest BCUT2D eigenvalue weighted by atomic mass is 10.0. The van der Waals surface area contributed by atoms with E-state index in [0.717, 1.165) is 18.4 Å². The van der Waals surface area contributed by atoms with Crippen molar-refractivity contribution in [2.45, 2.75) is 38.4 Å². The first-order chi connectivity index (χ1) is 13.9. The van der Waals surface area contributed by atoms with Crippen LogP contribution in [0.15, 0.2) is 48.5 Å². The SMILES string of the molecule is CC(C(=O)NCc1ccc(F)cc1)N1CCC(NC(=O)c2ccc(F)cc2)CC1. The number of hydrogen-bond acceptors (Lipinski definition) is 3. The van der Waals surface area contributed by atoms with Gasteiger partial charge in [0.25, 0.3) is 5.91 Å². The maximum atomic E-state index is 13.0. The van der Waals surface area contributed by atoms with E-state index in [4.69, 9.17) is 0 Å². The fourth-order valence-electron chi connectivity index (χ4n) is 3.41. The number of benzene rings is 2. The van der Waals surface area contributed by atoms with Gasteiger partial charge < -0.3 is 10.6 Å². The molecule has 1 saturated heterocycles. The van der Waals surface area contributed by atoms with Crippen LogP contribution in [-0.2, 0) is 11.3 Å². The standard InChI is InChI=1S/C22H25F2N3O2/c1-15(21(28)25-14-16-2-6-18(23)7-3-16)27-12-10-20(11-13-27)26-22(29)17-4-8-19(24)9-5-17/h2-9,15,20H,10-14H2,1H3,(H,25,28)(H,26,29). The fraction of sp³-hybridized carbons (Fsp3) is 0.364. The first-order valence-corrected chi connectivity index (χ1v) is 9.75. The Hall–Kier alpha value is -2.80. The summed E-state index contributed by atoms with van der Waals surface area (Å²) in [6.07, 6.45) is 1.48. The third kappa shape index (κ3) is 5.84. The van der Waals surface area contributed by atoms with Crippen molar-refractivity contribution in [3.8, 4) is 0 Å². The van der Waals surface area contributed by atoms with Crippen LogP contribution in [0.25, 0.3) is 0 Å². The van der Waals surface area contributed by atoms with Crippen molar-refractivity contribution in [3.63, 3.8) is 0 Å². The van der Waals surface area contributed by atoms with Crippen molar-refractivity contribution < 1.29 is 18.4 Å². The number of rotatable bonds is 6. The topological polar surface area (TPSA) is 61.4 Å². The number of amides is 2. The van der Waals surface area contributed by atoms with E-state index in [0.29, 0.717) is 25.2 Å². The molecule has 3 rings (SSSR count). The van der Waals surface area contributed by atoms with Crippen LogP contribution in [0.3, 0.4) is 0 Å². The molecular formula is C22H25F2N3O2. The van der Waals surface area contributed by atoms with Gasteiger partial charge in [-0.1, -0.05) is 12.1 Å². The lowest BCUT2D eigenvalue weighted by Crippen LogP contribution is -2.51. The van der Waals surface area contributed by atoms with E-state index in [2.05, 4.69) is 15.5 Å². The first kappa shape index (κ1) is 20.9. The lowest BCUT2D eigenvalue weighted by Gasteiger charge is -2.35. The summed E-state index contributed by atoms with van der Waals surface area (Å²) in [4.78, 5) is 26.8. The van der Waals surface area contributed by atoms with Crippen LogP contribution in [0, 0.1) is 11.6 Å². The van der Waals surface area contributed by atoms with Crippen LogP contribution in [0.4, 0.5) is 8.78 Å². The Morgan fingerprint density at radius 2 is 1.55 bits per heavy atom. The van der Waals surface area contributed by atoms with E-state index < -0.39 is 0 Å². The molecule has 1 heterocycles. The molecule has 0 spiro atoms. The third-order valence-electron chi connectivity index (χ3n) is 5.28. The van der Waals surface area contributed by atoms with E-state index in [-0.39, 0.29) is 35.5 Å². The molecule has 1 fully saturated rings. The minimum absolute atomic E-state index is 0.0262. The van der Waals surface area contributed by atoms with Crippen LogP contribution < -0.4 is 10.6 Å². The molecule has 1 atom stereocenters. The van der Waals surface area contributed by atoms with Crippen molar-refractivity contribution in [2.24, 2.45) is 0 Å². The van der Waals surface area contributed by atoms with Gasteiger partial charge in [-0.2, -0.15) is 0 Å². The molecule has 0 saturated carbocycles. The molecule has 29 heavy (non-hydrogen) atoms. The van der Waals surface area contributed by atoms with Gasteiger partial charge in [0, 0.05) is 31.2 Å². The number of likely N-dealkylation sites (tertiary alicyclic amines) is 1. The van der Waals surface area contributed by atoms with E-state index in [9.17, 15) is 18.4 Å². The van der Waals surface area contributed by atoms with Crippen molar-refractivity contribution in [1.29, 1.82) is 0 Å². The Morgan fingerprint density at radius 3 is 2.14 bits per heavy atom. The monoisotopic (exact) mass is 401 g/mol. The average Bonchev–Trinajstić information content (AvgIpc) is 2.73. The zero-order valence-electron chi connectivity index (χ0n) is 16.3. The van der Waals surface area contributed by atoms with Crippen LogP contribution in [0.5, 0.6) is 0 Å². The Kier molecular flexibility index (Phi) is 6.93. The van der Waals surface area contributed by atoms with Crippen molar-refractivity contribution in [2.75, 3.05) is 13.1 Å². The Bertz CT molecular complexity index is 832. The van der Waals surface area contributed by atoms with E-state index in [1.807, 2.05) is 6.92 Å². The summed E-state index contributed by atoms with van der Waals surface area (Å²) in [6.45, 7) is 3.60. The van der Waals surface area contributed by atoms with Gasteiger partial charge in [0.1, 0.15) is 11.6 Å². The predicted octanol–water partition coefficient (Wildman–Crippen LogP) is 2.86. The van der Waals surface area contributed by atoms with Gasteiger partial charge in [0.15, 0.2) is 0 Å². The predicted molar refractivity (Wildman–Crippen MR) is 106 cm³/mol. The number of carbonyl (C=O) groups is 2. The molecule has 1 aliphatic heterocycles. The van der Waals surface area contributed by atoms with Crippen molar-refractivity contribution >= 4 is 11.8 Å². The first-order valence-electron chi connectivity index (χ1n) is 9.75. The second kappa shape index (κ2) is 9.60. The van der Waals surface area contributed by atoms with Gasteiger partial charge in [0.2, 0.25) is 5.91 Å². The Morgan fingerprint density at radius 1 is 1.00 bits per heavy atom. The zero-order valence-corrected chi connectivity index (χ0v) is 16.3. The number of halogens is 2. The van der Waals surface area contributed by atoms with Gasteiger partial charge in [-0.3, -0.25) is 14.5 Å². The molecule has 2 amide bonds. The largest absolute Gasteiger partial charge is 0.351 e. The molecule has 5 nitrogen and oxygen atoms in total. The van der Waals surface area contributed by atoms with E-state index >= 15 is 0 Å². The maximum absolute atomic E-state index is 13.0. The number of nitrogens with one attached hydrogen (secondary N) is 2. The van der Waals surface area contributed by atoms with Crippen LogP contribution in [0.1, 0.15) is 35.7 Å². The summed E-state index contributed by atoms with van der Waals surface area (Å²) in [6, 6.07) is 11.2. The highest BCUT2D eigenvalue weighted by Gasteiger charge is 2.27. The highest BCUT2D eigenvalue weighted by molar-refractivity contribution is 5.94. The second-order valence-corrected chi connectivity index (χ2v) is 7.31. The molecule has 0 aliphatic carbocycles. The molecule has 0 radical (unpaired) electrons. The Labute approximate surface area is 169 Å². The molecule has 2 aromatic rings. The molecule has 0 bridgehead atoms. The van der Waals surface area contributed by atoms with E-state index in [1.165, 1.54) is 36.4 Å². The third-order valence-corrected chi connectivity index (χ3v) is 5.28. The molecule has 1 unspecified atom stereocenters. The van der Waals surface area contributed by atoms with E-state index in [1.54, 1.807) is 12.1 Å². The summed E-state index contributed by atoms with van der Waals surface area (Å²) < 4.78 is 25.9. The van der Waals surface area contributed by atoms with Gasteiger partial charge >= 0.3 is 0 Å². The summed E-state index contributed by atoms with van der Waals surface area (Å²) in [5, 5.41) is 5.86. The van der Waals surface area contributed by atoms with Crippen molar-refractivity contribution in [1.82, 2.24) is 15.5 Å². The summed E-state index contributed by atoms with van der Waals surface area (Å²) in [7, 11) is 0. The highest BCUT2D eigenvalue weighted by atomic mass is 19.1. The molecule has 7 heteroatoms. The summed E-state index contributed by atoms with van der Waals surface area (Å²) in [5.41, 5.74) is 1.27. The Balaban J connectivity index is 1.43. The van der Waals surface area contributed by atoms with Crippen LogP contribution in [0.2, 0.25) is 0 Å².